The van der Waals surface area contributed by atoms with Crippen LogP contribution in [0.1, 0.15) is 60.8 Å². The van der Waals surface area contributed by atoms with Gasteiger partial charge >= 0.3 is 0 Å². The summed E-state index contributed by atoms with van der Waals surface area (Å²) in [5, 5.41) is 12.7. The second-order valence-electron chi connectivity index (χ2n) is 6.29. The number of hydroxylamine groups is 2. The first kappa shape index (κ1) is 15.9. The van der Waals surface area contributed by atoms with Gasteiger partial charge in [0, 0.05) is 12.1 Å². The molecule has 98 valence electrons. The van der Waals surface area contributed by atoms with Crippen LogP contribution in [0.2, 0.25) is 0 Å². The first-order valence-electron chi connectivity index (χ1n) is 6.22. The van der Waals surface area contributed by atoms with E-state index in [1.807, 2.05) is 20.8 Å². The van der Waals surface area contributed by atoms with Gasteiger partial charge in [0.15, 0.2) is 0 Å². The molecule has 0 fully saturated rings. The molecule has 0 aromatic rings. The Bertz CT molecular complexity index is 179. The average Bonchev–Trinajstić information content (AvgIpc) is 2.07. The quantitative estimate of drug-likeness (QED) is 0.517. The molecule has 0 unspecified atom stereocenters. The maximum atomic E-state index is 11.5. The standard InChI is InChI=1S/C13H28NO2/c1-12(2,3)14(15)10-8-7-9-11-16-13(4,5)6/h7-11H2,1-6H3/q-1. The molecule has 0 rings (SSSR count). The van der Waals surface area contributed by atoms with E-state index in [1.165, 1.54) is 0 Å². The van der Waals surface area contributed by atoms with E-state index in [9.17, 15) is 5.21 Å². The van der Waals surface area contributed by atoms with Crippen molar-refractivity contribution < 1.29 is 4.74 Å². The fraction of sp³-hybridized carbons (Fsp3) is 1.00. The number of rotatable bonds is 6. The van der Waals surface area contributed by atoms with E-state index < -0.39 is 0 Å². The van der Waals surface area contributed by atoms with Gasteiger partial charge in [0.1, 0.15) is 0 Å². The first-order valence-corrected chi connectivity index (χ1v) is 6.22. The largest absolute Gasteiger partial charge is 0.785 e. The number of hydrogen-bond donors (Lipinski definition) is 0. The highest BCUT2D eigenvalue weighted by atomic mass is 16.5. The van der Waals surface area contributed by atoms with Crippen LogP contribution in [0.15, 0.2) is 0 Å². The van der Waals surface area contributed by atoms with Crippen molar-refractivity contribution in [1.29, 1.82) is 0 Å². The molecular weight excluding hydrogens is 202 g/mol. The first-order chi connectivity index (χ1) is 7.13. The van der Waals surface area contributed by atoms with Crippen LogP contribution in [-0.2, 0) is 4.74 Å². The third-order valence-corrected chi connectivity index (χ3v) is 2.29. The fourth-order valence-electron chi connectivity index (χ4n) is 1.25. The van der Waals surface area contributed by atoms with Crippen molar-refractivity contribution >= 4 is 0 Å². The maximum absolute atomic E-state index is 11.5. The third kappa shape index (κ3) is 9.13. The van der Waals surface area contributed by atoms with Gasteiger partial charge in [-0.3, -0.25) is 0 Å². The molecule has 0 radical (unpaired) electrons. The van der Waals surface area contributed by atoms with Gasteiger partial charge in [0.05, 0.1) is 5.60 Å². The Morgan fingerprint density at radius 2 is 1.50 bits per heavy atom. The van der Waals surface area contributed by atoms with Gasteiger partial charge in [-0.05, 0) is 67.3 Å². The molecule has 0 bridgehead atoms. The molecule has 0 saturated heterocycles. The Hall–Kier alpha value is -0.120. The Morgan fingerprint density at radius 3 is 1.94 bits per heavy atom. The highest BCUT2D eigenvalue weighted by Gasteiger charge is 2.11. The van der Waals surface area contributed by atoms with Crippen molar-refractivity contribution in [3.8, 4) is 0 Å². The monoisotopic (exact) mass is 230 g/mol. The Labute approximate surface area is 101 Å². The molecule has 0 aliphatic rings. The van der Waals surface area contributed by atoms with Crippen LogP contribution < -0.4 is 0 Å². The number of ether oxygens (including phenoxy) is 1. The van der Waals surface area contributed by atoms with Gasteiger partial charge in [0.2, 0.25) is 0 Å². The summed E-state index contributed by atoms with van der Waals surface area (Å²) in [5.74, 6) is 0. The lowest BCUT2D eigenvalue weighted by Crippen LogP contribution is -2.37. The molecule has 0 N–H and O–H groups in total. The van der Waals surface area contributed by atoms with Gasteiger partial charge in [-0.1, -0.05) is 0 Å². The second-order valence-corrected chi connectivity index (χ2v) is 6.29. The molecule has 3 heteroatoms. The lowest BCUT2D eigenvalue weighted by molar-refractivity contribution is -0.00491. The summed E-state index contributed by atoms with van der Waals surface area (Å²) in [4.78, 5) is 0. The van der Waals surface area contributed by atoms with E-state index in [2.05, 4.69) is 20.8 Å². The van der Waals surface area contributed by atoms with E-state index >= 15 is 0 Å². The SMILES string of the molecule is CC(C)(C)OCCCCCN([O-])C(C)(C)C. The van der Waals surface area contributed by atoms with Crippen LogP contribution in [0.3, 0.4) is 0 Å². The zero-order chi connectivity index (χ0) is 12.8. The second kappa shape index (κ2) is 6.58. The highest BCUT2D eigenvalue weighted by Crippen LogP contribution is 2.13. The summed E-state index contributed by atoms with van der Waals surface area (Å²) in [6.07, 6.45) is 3.05. The molecule has 0 amide bonds. The van der Waals surface area contributed by atoms with E-state index in [0.29, 0.717) is 6.54 Å². The van der Waals surface area contributed by atoms with Crippen molar-refractivity contribution in [2.45, 2.75) is 71.9 Å². The van der Waals surface area contributed by atoms with E-state index in [-0.39, 0.29) is 11.1 Å². The predicted octanol–water partition coefficient (Wildman–Crippen LogP) is 3.57. The normalized spacial score (nSPS) is 13.5. The van der Waals surface area contributed by atoms with Crippen LogP contribution in [0.5, 0.6) is 0 Å². The molecule has 0 aliphatic carbocycles. The summed E-state index contributed by atoms with van der Waals surface area (Å²) in [7, 11) is 0. The minimum Gasteiger partial charge on any atom is -0.785 e. The van der Waals surface area contributed by atoms with Crippen molar-refractivity contribution in [2.24, 2.45) is 0 Å². The number of unbranched alkanes of at least 4 members (excludes halogenated alkanes) is 2. The molecule has 0 aliphatic heterocycles. The van der Waals surface area contributed by atoms with E-state index in [0.717, 1.165) is 30.9 Å². The summed E-state index contributed by atoms with van der Waals surface area (Å²) in [6.45, 7) is 13.4. The van der Waals surface area contributed by atoms with Crippen LogP contribution in [-0.4, -0.2) is 29.4 Å². The average molecular weight is 230 g/mol. The molecule has 0 aromatic heterocycles. The molecule has 0 atom stereocenters. The number of nitrogens with zero attached hydrogens (tertiary/aromatic N) is 1. The summed E-state index contributed by atoms with van der Waals surface area (Å²) >= 11 is 0. The topological polar surface area (TPSA) is 35.5 Å². The molecular formula is C13H28NO2-. The maximum Gasteiger partial charge on any atom is 0.0598 e. The molecule has 0 heterocycles. The van der Waals surface area contributed by atoms with E-state index in [4.69, 9.17) is 4.74 Å². The Balaban J connectivity index is 3.41. The lowest BCUT2D eigenvalue weighted by atomic mass is 10.1. The van der Waals surface area contributed by atoms with Gasteiger partial charge in [-0.2, -0.15) is 0 Å². The summed E-state index contributed by atoms with van der Waals surface area (Å²) < 4.78 is 5.61. The molecule has 0 saturated carbocycles. The minimum atomic E-state index is -0.262. The van der Waals surface area contributed by atoms with Crippen LogP contribution >= 0.6 is 0 Å². The van der Waals surface area contributed by atoms with Crippen molar-refractivity contribution in [3.63, 3.8) is 0 Å². The van der Waals surface area contributed by atoms with Crippen LogP contribution in [0, 0.1) is 5.21 Å². The Kier molecular flexibility index (Phi) is 6.53. The zero-order valence-corrected chi connectivity index (χ0v) is 11.8. The zero-order valence-electron chi connectivity index (χ0n) is 11.8. The van der Waals surface area contributed by atoms with E-state index in [1.54, 1.807) is 0 Å². The molecule has 16 heavy (non-hydrogen) atoms. The summed E-state index contributed by atoms with van der Waals surface area (Å²) in [6, 6.07) is 0. The molecule has 0 aromatic carbocycles. The van der Waals surface area contributed by atoms with Crippen LogP contribution in [0.25, 0.3) is 0 Å². The number of hydrogen-bond acceptors (Lipinski definition) is 3. The third-order valence-electron chi connectivity index (χ3n) is 2.29. The van der Waals surface area contributed by atoms with Gasteiger partial charge in [-0.25, -0.2) is 0 Å². The Morgan fingerprint density at radius 1 is 0.938 bits per heavy atom. The van der Waals surface area contributed by atoms with Gasteiger partial charge < -0.3 is 15.0 Å². The lowest BCUT2D eigenvalue weighted by Gasteiger charge is -2.41. The van der Waals surface area contributed by atoms with Gasteiger partial charge in [0.25, 0.3) is 0 Å². The highest BCUT2D eigenvalue weighted by molar-refractivity contribution is 4.76. The summed E-state index contributed by atoms with van der Waals surface area (Å²) in [5.41, 5.74) is -0.308. The van der Waals surface area contributed by atoms with Crippen molar-refractivity contribution in [3.05, 3.63) is 5.21 Å². The molecule has 3 nitrogen and oxygen atoms in total. The van der Waals surface area contributed by atoms with Crippen molar-refractivity contribution in [2.75, 3.05) is 13.2 Å². The predicted molar refractivity (Wildman–Crippen MR) is 69.4 cm³/mol. The minimum absolute atomic E-state index is 0.0457. The van der Waals surface area contributed by atoms with Crippen LogP contribution in [0.4, 0.5) is 0 Å². The van der Waals surface area contributed by atoms with Crippen molar-refractivity contribution in [1.82, 2.24) is 5.06 Å². The van der Waals surface area contributed by atoms with Gasteiger partial charge in [-0.15, -0.1) is 0 Å². The molecule has 0 spiro atoms. The smallest absolute Gasteiger partial charge is 0.0598 e. The fourth-order valence-corrected chi connectivity index (χ4v) is 1.25.